The number of anilines is 2. The van der Waals surface area contributed by atoms with Crippen molar-refractivity contribution >= 4 is 17.7 Å². The maximum atomic E-state index is 5.57. The van der Waals surface area contributed by atoms with E-state index in [9.17, 15) is 0 Å². The second-order valence-corrected chi connectivity index (χ2v) is 4.06. The first-order valence-corrected chi connectivity index (χ1v) is 5.86. The molecule has 1 aromatic carbocycles. The minimum Gasteiger partial charge on any atom is -0.399 e. The van der Waals surface area contributed by atoms with Crippen molar-refractivity contribution in [1.29, 1.82) is 0 Å². The molecular formula is C14H19N5. The molecule has 5 heteroatoms. The molecule has 0 amide bonds. The summed E-state index contributed by atoms with van der Waals surface area (Å²) < 4.78 is 0. The van der Waals surface area contributed by atoms with Crippen LogP contribution in [0.5, 0.6) is 0 Å². The lowest BCUT2D eigenvalue weighted by Gasteiger charge is -1.99. The van der Waals surface area contributed by atoms with Gasteiger partial charge >= 0.3 is 0 Å². The molecule has 0 saturated carbocycles. The minimum absolute atomic E-state index is 0.475. The number of aryl methyl sites for hydroxylation is 2. The summed E-state index contributed by atoms with van der Waals surface area (Å²) in [5.74, 6) is 0.475. The fourth-order valence-electron chi connectivity index (χ4n) is 1.36. The number of hydrogen-bond acceptors (Lipinski definition) is 5. The second kappa shape index (κ2) is 7.10. The zero-order valence-corrected chi connectivity index (χ0v) is 11.5. The van der Waals surface area contributed by atoms with E-state index in [4.69, 9.17) is 11.5 Å². The van der Waals surface area contributed by atoms with Crippen LogP contribution >= 0.6 is 0 Å². The third-order valence-corrected chi connectivity index (χ3v) is 2.45. The number of nitrogens with zero attached hydrogens (tertiary/aromatic N) is 3. The summed E-state index contributed by atoms with van der Waals surface area (Å²) in [5, 5.41) is 0. The van der Waals surface area contributed by atoms with E-state index in [0.717, 1.165) is 16.9 Å². The highest BCUT2D eigenvalue weighted by atomic mass is 14.9. The molecule has 0 bridgehead atoms. The molecule has 5 nitrogen and oxygen atoms in total. The predicted octanol–water partition coefficient (Wildman–Crippen LogP) is 1.99. The summed E-state index contributed by atoms with van der Waals surface area (Å²) in [6, 6.07) is 7.79. The van der Waals surface area contributed by atoms with E-state index in [1.165, 1.54) is 11.9 Å². The molecule has 0 aliphatic heterocycles. The molecule has 0 fully saturated rings. The largest absolute Gasteiger partial charge is 0.399 e. The predicted molar refractivity (Wildman–Crippen MR) is 80.3 cm³/mol. The topological polar surface area (TPSA) is 90.2 Å². The average Bonchev–Trinajstić information content (AvgIpc) is 2.38. The molecule has 0 saturated heterocycles. The fourth-order valence-corrected chi connectivity index (χ4v) is 1.36. The molecule has 1 heterocycles. The fraction of sp³-hybridized carbons (Fsp3) is 0.214. The number of rotatable bonds is 1. The third-order valence-electron chi connectivity index (χ3n) is 2.45. The number of aliphatic imine (C=N–C) groups is 1. The van der Waals surface area contributed by atoms with Crippen LogP contribution in [0.1, 0.15) is 16.8 Å². The summed E-state index contributed by atoms with van der Waals surface area (Å²) in [6.07, 6.45) is 3.10. The Kier molecular flexibility index (Phi) is 5.47. The van der Waals surface area contributed by atoms with E-state index in [1.807, 2.05) is 38.1 Å². The monoisotopic (exact) mass is 257 g/mol. The number of benzene rings is 1. The molecule has 0 radical (unpaired) electrons. The molecule has 100 valence electrons. The van der Waals surface area contributed by atoms with Gasteiger partial charge in [-0.2, -0.15) is 0 Å². The molecular weight excluding hydrogens is 238 g/mol. The molecule has 0 atom stereocenters. The normalized spacial score (nSPS) is 10.1. The maximum Gasteiger partial charge on any atom is 0.135 e. The van der Waals surface area contributed by atoms with Gasteiger partial charge in [0.2, 0.25) is 0 Å². The van der Waals surface area contributed by atoms with Crippen LogP contribution in [0.2, 0.25) is 0 Å². The van der Waals surface area contributed by atoms with E-state index in [1.54, 1.807) is 13.3 Å². The van der Waals surface area contributed by atoms with Crippen molar-refractivity contribution in [2.75, 3.05) is 18.5 Å². The Morgan fingerprint density at radius 3 is 2.16 bits per heavy atom. The molecule has 2 aromatic rings. The van der Waals surface area contributed by atoms with E-state index in [0.29, 0.717) is 5.82 Å². The first-order chi connectivity index (χ1) is 9.04. The van der Waals surface area contributed by atoms with Gasteiger partial charge in [-0.05, 0) is 26.0 Å². The van der Waals surface area contributed by atoms with Crippen molar-refractivity contribution in [3.8, 4) is 0 Å². The standard InChI is InChI=1S/C7H10N4.C7H9N/c1-5-6(3-9-2)7(8)11-4-10-5;1-6-2-4-7(8)5-3-6/h3-4H,1-2H3,(H2,8,10,11);2-5H,8H2,1H3. The van der Waals surface area contributed by atoms with Crippen LogP contribution in [0.3, 0.4) is 0 Å². The first kappa shape index (κ1) is 14.6. The molecule has 0 unspecified atom stereocenters. The van der Waals surface area contributed by atoms with Gasteiger partial charge < -0.3 is 11.5 Å². The SMILES string of the molecule is CN=Cc1c(C)ncnc1N.Cc1ccc(N)cc1. The van der Waals surface area contributed by atoms with Gasteiger partial charge in [0.1, 0.15) is 12.1 Å². The van der Waals surface area contributed by atoms with Crippen LogP contribution in [0.15, 0.2) is 35.6 Å². The van der Waals surface area contributed by atoms with Gasteiger partial charge in [-0.1, -0.05) is 17.7 Å². The molecule has 0 aliphatic rings. The van der Waals surface area contributed by atoms with Crippen LogP contribution in [0.25, 0.3) is 0 Å². The Hall–Kier alpha value is -2.43. The van der Waals surface area contributed by atoms with Gasteiger partial charge in [0.15, 0.2) is 0 Å². The summed E-state index contributed by atoms with van der Waals surface area (Å²) in [4.78, 5) is 11.7. The van der Waals surface area contributed by atoms with Gasteiger partial charge in [-0.25, -0.2) is 9.97 Å². The van der Waals surface area contributed by atoms with E-state index >= 15 is 0 Å². The quantitative estimate of drug-likeness (QED) is 0.604. The van der Waals surface area contributed by atoms with Gasteiger partial charge in [-0.3, -0.25) is 4.99 Å². The summed E-state index contributed by atoms with van der Waals surface area (Å²) in [7, 11) is 1.69. The van der Waals surface area contributed by atoms with Crippen LogP contribution in [-0.4, -0.2) is 23.2 Å². The Bertz CT molecular complexity index is 505. The first-order valence-electron chi connectivity index (χ1n) is 5.86. The molecule has 1 aromatic heterocycles. The summed E-state index contributed by atoms with van der Waals surface area (Å²) in [5.41, 5.74) is 14.7. The number of nitrogens with two attached hydrogens (primary N) is 2. The van der Waals surface area contributed by atoms with Gasteiger partial charge in [0.05, 0.1) is 11.3 Å². The van der Waals surface area contributed by atoms with Crippen LogP contribution in [0.4, 0.5) is 11.5 Å². The lowest BCUT2D eigenvalue weighted by atomic mass is 10.2. The Morgan fingerprint density at radius 1 is 1.05 bits per heavy atom. The van der Waals surface area contributed by atoms with Crippen molar-refractivity contribution in [1.82, 2.24) is 9.97 Å². The van der Waals surface area contributed by atoms with E-state index in [2.05, 4.69) is 15.0 Å². The molecule has 4 N–H and O–H groups in total. The van der Waals surface area contributed by atoms with Crippen molar-refractivity contribution in [3.63, 3.8) is 0 Å². The Balaban J connectivity index is 0.000000200. The highest BCUT2D eigenvalue weighted by Gasteiger charge is 2.00. The van der Waals surface area contributed by atoms with Gasteiger partial charge in [0, 0.05) is 18.9 Å². The van der Waals surface area contributed by atoms with E-state index < -0.39 is 0 Å². The maximum absolute atomic E-state index is 5.57. The van der Waals surface area contributed by atoms with Crippen molar-refractivity contribution in [2.24, 2.45) is 4.99 Å². The summed E-state index contributed by atoms with van der Waals surface area (Å²) in [6.45, 7) is 3.91. The highest BCUT2D eigenvalue weighted by Crippen LogP contribution is 2.06. The van der Waals surface area contributed by atoms with Crippen molar-refractivity contribution in [3.05, 3.63) is 47.4 Å². The van der Waals surface area contributed by atoms with E-state index in [-0.39, 0.29) is 0 Å². The molecule has 0 spiro atoms. The second-order valence-electron chi connectivity index (χ2n) is 4.06. The van der Waals surface area contributed by atoms with Gasteiger partial charge in [0.25, 0.3) is 0 Å². The Morgan fingerprint density at radius 2 is 1.68 bits per heavy atom. The van der Waals surface area contributed by atoms with Gasteiger partial charge in [-0.15, -0.1) is 0 Å². The van der Waals surface area contributed by atoms with Crippen LogP contribution < -0.4 is 11.5 Å². The number of aromatic nitrogens is 2. The lowest BCUT2D eigenvalue weighted by Crippen LogP contribution is -2.01. The zero-order chi connectivity index (χ0) is 14.3. The number of hydrogen-bond donors (Lipinski definition) is 2. The molecule has 0 aliphatic carbocycles. The number of nitrogen functional groups attached to an aromatic ring is 2. The third kappa shape index (κ3) is 4.75. The molecule has 2 rings (SSSR count). The zero-order valence-electron chi connectivity index (χ0n) is 11.5. The van der Waals surface area contributed by atoms with Crippen molar-refractivity contribution in [2.45, 2.75) is 13.8 Å². The summed E-state index contributed by atoms with van der Waals surface area (Å²) >= 11 is 0. The van der Waals surface area contributed by atoms with Crippen LogP contribution in [-0.2, 0) is 0 Å². The highest BCUT2D eigenvalue weighted by molar-refractivity contribution is 5.86. The smallest absolute Gasteiger partial charge is 0.135 e. The lowest BCUT2D eigenvalue weighted by molar-refractivity contribution is 1.10. The van der Waals surface area contributed by atoms with Crippen molar-refractivity contribution < 1.29 is 0 Å². The average molecular weight is 257 g/mol. The minimum atomic E-state index is 0.475. The molecule has 19 heavy (non-hydrogen) atoms. The Labute approximate surface area is 113 Å². The van der Waals surface area contributed by atoms with Crippen LogP contribution in [0, 0.1) is 13.8 Å².